The van der Waals surface area contributed by atoms with Crippen LogP contribution in [0.1, 0.15) is 104 Å². The predicted molar refractivity (Wildman–Crippen MR) is 143 cm³/mol. The Kier molecular flexibility index (Phi) is 10.1. The summed E-state index contributed by atoms with van der Waals surface area (Å²) in [6.07, 6.45) is 3.19. The summed E-state index contributed by atoms with van der Waals surface area (Å²) in [6, 6.07) is 7.99. The monoisotopic (exact) mass is 681 g/mol. The molecule has 0 aromatic carbocycles. The summed E-state index contributed by atoms with van der Waals surface area (Å²) in [6.45, 7) is 21.2. The van der Waals surface area contributed by atoms with Crippen LogP contribution in [0.25, 0.3) is 22.8 Å². The molecule has 0 aliphatic heterocycles. The van der Waals surface area contributed by atoms with Gasteiger partial charge in [-0.1, -0.05) is 92.8 Å². The Hall–Kier alpha value is -2.73. The van der Waals surface area contributed by atoms with Gasteiger partial charge in [0.2, 0.25) is 0 Å². The second kappa shape index (κ2) is 12.2. The van der Waals surface area contributed by atoms with Crippen molar-refractivity contribution in [3.63, 3.8) is 0 Å². The van der Waals surface area contributed by atoms with E-state index in [1.165, 1.54) is 0 Å². The number of rotatable bonds is 4. The first-order chi connectivity index (χ1) is 16.8. The van der Waals surface area contributed by atoms with Gasteiger partial charge in [0.25, 0.3) is 0 Å². The van der Waals surface area contributed by atoms with Crippen molar-refractivity contribution in [3.05, 3.63) is 59.7 Å². The van der Waals surface area contributed by atoms with Crippen molar-refractivity contribution < 1.29 is 21.1 Å². The molecule has 0 saturated carbocycles. The van der Waals surface area contributed by atoms with Gasteiger partial charge in [0.1, 0.15) is 12.7 Å². The van der Waals surface area contributed by atoms with E-state index in [1.807, 2.05) is 24.3 Å². The zero-order valence-electron chi connectivity index (χ0n) is 23.5. The van der Waals surface area contributed by atoms with Crippen LogP contribution in [0, 0.1) is 0 Å². The van der Waals surface area contributed by atoms with Gasteiger partial charge in [0, 0.05) is 33.6 Å². The third-order valence-electron chi connectivity index (χ3n) is 5.70. The molecule has 37 heavy (non-hydrogen) atoms. The summed E-state index contributed by atoms with van der Waals surface area (Å²) in [7, 11) is 0. The molecule has 0 saturated heterocycles. The number of hydrogen-bond acceptors (Lipinski definition) is 6. The number of hydrogen-bond donors (Lipinski definition) is 0. The van der Waals surface area contributed by atoms with Crippen LogP contribution < -0.4 is 10.2 Å². The largest absolute Gasteiger partial charge is 2.00 e. The number of nitrogens with zero attached hydrogens (tertiary/aromatic N) is 8. The van der Waals surface area contributed by atoms with E-state index in [4.69, 9.17) is 0 Å². The first-order valence-corrected chi connectivity index (χ1v) is 12.4. The third kappa shape index (κ3) is 8.13. The summed E-state index contributed by atoms with van der Waals surface area (Å²) < 4.78 is 0. The van der Waals surface area contributed by atoms with Gasteiger partial charge in [-0.3, -0.25) is 0 Å². The van der Waals surface area contributed by atoms with Crippen LogP contribution >= 0.6 is 0 Å². The van der Waals surface area contributed by atoms with E-state index >= 15 is 0 Å². The standard InChI is InChI=1S/2C14H19N4.Pt/c2*1-9(2)10-6-11(16-8-15-10)12-7-13(18-17-12)14(3,4)5;/h2*6-9H,1-5H3;/q2*-1;+2. The van der Waals surface area contributed by atoms with Gasteiger partial charge in [-0.25, -0.2) is 19.9 Å². The van der Waals surface area contributed by atoms with Gasteiger partial charge in [0.05, 0.1) is 11.4 Å². The van der Waals surface area contributed by atoms with E-state index in [9.17, 15) is 0 Å². The summed E-state index contributed by atoms with van der Waals surface area (Å²) in [5.74, 6) is 0.772. The van der Waals surface area contributed by atoms with E-state index in [2.05, 4.69) is 110 Å². The minimum Gasteiger partial charge on any atom is -0.573 e. The second-order valence-electron chi connectivity index (χ2n) is 11.7. The summed E-state index contributed by atoms with van der Waals surface area (Å²) >= 11 is 0. The predicted octanol–water partition coefficient (Wildman–Crippen LogP) is 5.83. The SMILES string of the molecule is CC(C)c1cc(-c2cc(C(C)(C)C)n[n-]2)ncn1.CC(C)c1cc(-c2cc(C(C)(C)C)n[n-]2)ncn1.[Pt+2]. The van der Waals surface area contributed by atoms with Crippen molar-refractivity contribution in [2.24, 2.45) is 0 Å². The molecule has 4 aromatic rings. The molecule has 0 spiro atoms. The smallest absolute Gasteiger partial charge is 0.573 e. The molecule has 0 radical (unpaired) electrons. The Bertz CT molecular complexity index is 1180. The molecule has 0 aliphatic rings. The maximum atomic E-state index is 4.27. The van der Waals surface area contributed by atoms with Crippen molar-refractivity contribution in [1.29, 1.82) is 0 Å². The van der Waals surface area contributed by atoms with Crippen LogP contribution in [0.2, 0.25) is 0 Å². The Morgan fingerprint density at radius 3 is 1.19 bits per heavy atom. The van der Waals surface area contributed by atoms with E-state index in [0.29, 0.717) is 11.8 Å². The fraction of sp³-hybridized carbons (Fsp3) is 0.500. The van der Waals surface area contributed by atoms with Crippen LogP contribution in [0.4, 0.5) is 0 Å². The summed E-state index contributed by atoms with van der Waals surface area (Å²) in [4.78, 5) is 17.1. The van der Waals surface area contributed by atoms with E-state index in [-0.39, 0.29) is 31.9 Å². The summed E-state index contributed by atoms with van der Waals surface area (Å²) in [5, 5.41) is 16.9. The fourth-order valence-electron chi connectivity index (χ4n) is 3.23. The molecule has 9 heteroatoms. The minimum atomic E-state index is 0. The van der Waals surface area contributed by atoms with Crippen LogP contribution in [0.5, 0.6) is 0 Å². The molecule has 0 unspecified atom stereocenters. The average Bonchev–Trinajstić information content (AvgIpc) is 3.50. The molecule has 4 aromatic heterocycles. The van der Waals surface area contributed by atoms with Gasteiger partial charge in [-0.05, 0) is 24.0 Å². The Labute approximate surface area is 235 Å². The van der Waals surface area contributed by atoms with Crippen LogP contribution in [0.15, 0.2) is 36.9 Å². The molecule has 4 rings (SSSR count). The zero-order chi connectivity index (χ0) is 26.7. The quantitative estimate of drug-likeness (QED) is 0.265. The second-order valence-corrected chi connectivity index (χ2v) is 11.7. The van der Waals surface area contributed by atoms with Gasteiger partial charge in [-0.15, -0.1) is 0 Å². The Morgan fingerprint density at radius 1 is 0.568 bits per heavy atom. The third-order valence-corrected chi connectivity index (χ3v) is 5.70. The maximum Gasteiger partial charge on any atom is 2.00 e. The zero-order valence-corrected chi connectivity index (χ0v) is 25.8. The van der Waals surface area contributed by atoms with Crippen molar-refractivity contribution in [2.75, 3.05) is 0 Å². The fourth-order valence-corrected chi connectivity index (χ4v) is 3.23. The van der Waals surface area contributed by atoms with Gasteiger partial charge < -0.3 is 20.4 Å². The number of aromatic nitrogens is 8. The molecule has 0 fully saturated rings. The van der Waals surface area contributed by atoms with Crippen LogP contribution in [0.3, 0.4) is 0 Å². The van der Waals surface area contributed by atoms with Crippen molar-refractivity contribution in [3.8, 4) is 22.8 Å². The molecular weight excluding hydrogens is 643 g/mol. The van der Waals surface area contributed by atoms with Crippen LogP contribution in [-0.4, -0.2) is 30.1 Å². The molecule has 4 heterocycles. The molecular formula is C28H38N8Pt. The van der Waals surface area contributed by atoms with E-state index < -0.39 is 0 Å². The molecule has 0 atom stereocenters. The van der Waals surface area contributed by atoms with E-state index in [0.717, 1.165) is 45.6 Å². The molecule has 200 valence electrons. The molecule has 0 aliphatic carbocycles. The average molecular weight is 682 g/mol. The van der Waals surface area contributed by atoms with Gasteiger partial charge >= 0.3 is 21.1 Å². The van der Waals surface area contributed by atoms with Crippen molar-refractivity contribution in [1.82, 2.24) is 40.3 Å². The molecule has 0 amide bonds. The van der Waals surface area contributed by atoms with E-state index in [1.54, 1.807) is 12.7 Å². The normalized spacial score (nSPS) is 11.8. The summed E-state index contributed by atoms with van der Waals surface area (Å²) in [5.41, 5.74) is 7.39. The molecule has 0 bridgehead atoms. The first kappa shape index (κ1) is 30.5. The van der Waals surface area contributed by atoms with Gasteiger partial charge in [-0.2, -0.15) is 0 Å². The van der Waals surface area contributed by atoms with Crippen LogP contribution in [-0.2, 0) is 31.9 Å². The molecule has 0 N–H and O–H groups in total. The van der Waals surface area contributed by atoms with Crippen molar-refractivity contribution >= 4 is 0 Å². The molecule has 8 nitrogen and oxygen atoms in total. The minimum absolute atomic E-state index is 0. The first-order valence-electron chi connectivity index (χ1n) is 12.4. The Morgan fingerprint density at radius 2 is 0.919 bits per heavy atom. The van der Waals surface area contributed by atoms with Crippen molar-refractivity contribution in [2.45, 2.75) is 91.9 Å². The topological polar surface area (TPSA) is 106 Å². The Balaban J connectivity index is 0.000000253. The maximum absolute atomic E-state index is 4.27. The van der Waals surface area contributed by atoms with Gasteiger partial charge in [0.15, 0.2) is 0 Å².